The Hall–Kier alpha value is -2.84. The number of H-pyrrole nitrogens is 1. The van der Waals surface area contributed by atoms with Crippen LogP contribution in [-0.4, -0.2) is 45.1 Å². The number of benzene rings is 1. The molecular formula is C21H19ClN4O3S. The quantitative estimate of drug-likeness (QED) is 0.432. The van der Waals surface area contributed by atoms with E-state index in [4.69, 9.17) is 16.3 Å². The number of halogens is 1. The summed E-state index contributed by atoms with van der Waals surface area (Å²) in [4.78, 5) is 30.8. The number of amides is 1. The van der Waals surface area contributed by atoms with Crippen LogP contribution in [0.25, 0.3) is 10.9 Å². The minimum atomic E-state index is -0.754. The van der Waals surface area contributed by atoms with Crippen molar-refractivity contribution in [3.05, 3.63) is 71.3 Å². The Morgan fingerprint density at radius 2 is 2.17 bits per heavy atom. The molecule has 3 aliphatic heterocycles. The molecule has 5 rings (SSSR count). The molecule has 1 aromatic carbocycles. The number of nitrogens with one attached hydrogen (secondary N) is 2. The van der Waals surface area contributed by atoms with Crippen molar-refractivity contribution in [2.45, 2.75) is 18.5 Å². The summed E-state index contributed by atoms with van der Waals surface area (Å²) in [7, 11) is 1.34. The number of carbonyl (C=O) groups is 2. The summed E-state index contributed by atoms with van der Waals surface area (Å²) in [5, 5.41) is 1.05. The van der Waals surface area contributed by atoms with Gasteiger partial charge < -0.3 is 19.3 Å². The van der Waals surface area contributed by atoms with E-state index in [1.807, 2.05) is 53.1 Å². The van der Waals surface area contributed by atoms with Gasteiger partial charge in [-0.1, -0.05) is 18.2 Å². The van der Waals surface area contributed by atoms with Crippen molar-refractivity contribution < 1.29 is 14.3 Å². The first kappa shape index (κ1) is 19.1. The van der Waals surface area contributed by atoms with E-state index in [1.165, 1.54) is 19.2 Å². The molecular weight excluding hydrogens is 424 g/mol. The molecule has 0 radical (unpaired) electrons. The van der Waals surface area contributed by atoms with Crippen molar-refractivity contribution in [3.63, 3.8) is 0 Å². The minimum Gasteiger partial charge on any atom is -0.467 e. The minimum absolute atomic E-state index is 0.219. The van der Waals surface area contributed by atoms with Gasteiger partial charge in [0.05, 0.1) is 31.0 Å². The van der Waals surface area contributed by atoms with Crippen molar-refractivity contribution in [2.24, 2.45) is 0 Å². The Morgan fingerprint density at radius 1 is 1.33 bits per heavy atom. The van der Waals surface area contributed by atoms with Gasteiger partial charge in [0.15, 0.2) is 0 Å². The number of esters is 1. The van der Waals surface area contributed by atoms with Crippen LogP contribution in [0.5, 0.6) is 0 Å². The lowest BCUT2D eigenvalue weighted by atomic mass is 9.87. The molecule has 3 aliphatic rings. The molecule has 2 N–H and O–H groups in total. The molecule has 7 nitrogen and oxygen atoms in total. The predicted octanol–water partition coefficient (Wildman–Crippen LogP) is 3.14. The number of aromatic amines is 1. The van der Waals surface area contributed by atoms with Crippen molar-refractivity contribution in [2.75, 3.05) is 13.0 Å². The van der Waals surface area contributed by atoms with Crippen molar-refractivity contribution in [1.82, 2.24) is 18.9 Å². The number of rotatable bonds is 3. The third-order valence-corrected chi connectivity index (χ3v) is 6.63. The number of aromatic nitrogens is 1. The van der Waals surface area contributed by atoms with Gasteiger partial charge in [-0.3, -0.25) is 9.10 Å². The predicted molar refractivity (Wildman–Crippen MR) is 116 cm³/mol. The molecule has 0 bridgehead atoms. The van der Waals surface area contributed by atoms with Gasteiger partial charge in [0.25, 0.3) is 0 Å². The van der Waals surface area contributed by atoms with E-state index >= 15 is 0 Å². The SMILES string of the molecule is COC(=O)[C@H]1Cc2c([nH]c3ccccc23)[C@@H](C2=CC3=CNSN3C=C2)N1C(=O)CCl. The fourth-order valence-corrected chi connectivity index (χ4v) is 5.11. The average molecular weight is 443 g/mol. The lowest BCUT2D eigenvalue weighted by Gasteiger charge is -2.41. The highest BCUT2D eigenvalue weighted by molar-refractivity contribution is 7.95. The molecule has 30 heavy (non-hydrogen) atoms. The van der Waals surface area contributed by atoms with Gasteiger partial charge in [0.2, 0.25) is 5.91 Å². The van der Waals surface area contributed by atoms with Crippen LogP contribution in [0, 0.1) is 0 Å². The standard InChI is InChI=1S/C21H19ClN4O3S/c1-29-21(28)17-9-15-14-4-2-3-5-16(14)24-19(15)20(26(17)18(27)10-22)12-6-7-25-13(8-12)11-23-30-25/h2-8,11,17,20,23-24H,9-10H2,1H3/t17-,20-/m1/s1. The monoisotopic (exact) mass is 442 g/mol. The van der Waals surface area contributed by atoms with Crippen molar-refractivity contribution >= 4 is 46.5 Å². The maximum Gasteiger partial charge on any atom is 0.328 e. The van der Waals surface area contributed by atoms with Gasteiger partial charge in [0.1, 0.15) is 11.9 Å². The smallest absolute Gasteiger partial charge is 0.328 e. The van der Waals surface area contributed by atoms with Gasteiger partial charge in [-0.2, -0.15) is 0 Å². The van der Waals surface area contributed by atoms with E-state index in [1.54, 1.807) is 4.90 Å². The molecule has 9 heteroatoms. The van der Waals surface area contributed by atoms with Gasteiger partial charge in [-0.25, -0.2) is 4.79 Å². The Kier molecular flexibility index (Phi) is 4.75. The number of allylic oxidation sites excluding steroid dienone is 1. The molecule has 0 unspecified atom stereocenters. The van der Waals surface area contributed by atoms with Crippen LogP contribution in [0.4, 0.5) is 0 Å². The van der Waals surface area contributed by atoms with E-state index in [-0.39, 0.29) is 11.8 Å². The highest BCUT2D eigenvalue weighted by atomic mass is 35.5. The normalized spacial score (nSPS) is 22.2. The summed E-state index contributed by atoms with van der Waals surface area (Å²) in [5.41, 5.74) is 4.75. The van der Waals surface area contributed by atoms with E-state index in [2.05, 4.69) is 9.71 Å². The zero-order valence-electron chi connectivity index (χ0n) is 16.1. The number of nitrogens with zero attached hydrogens (tertiary/aromatic N) is 2. The third-order valence-electron chi connectivity index (χ3n) is 5.65. The number of fused-ring (bicyclic) bond motifs is 4. The molecule has 0 fully saturated rings. The molecule has 2 aromatic rings. The molecule has 154 valence electrons. The molecule has 0 spiro atoms. The molecule has 2 atom stereocenters. The van der Waals surface area contributed by atoms with Crippen LogP contribution >= 0.6 is 23.7 Å². The van der Waals surface area contributed by atoms with E-state index < -0.39 is 18.1 Å². The fourth-order valence-electron chi connectivity index (χ4n) is 4.36. The summed E-state index contributed by atoms with van der Waals surface area (Å²) in [6.07, 6.45) is 8.19. The third kappa shape index (κ3) is 2.90. The summed E-state index contributed by atoms with van der Waals surface area (Å²) in [6.45, 7) is 0. The van der Waals surface area contributed by atoms with Crippen LogP contribution in [0.15, 0.2) is 60.1 Å². The summed E-state index contributed by atoms with van der Waals surface area (Å²) in [5.74, 6) is -0.984. The van der Waals surface area contributed by atoms with Crippen molar-refractivity contribution in [1.29, 1.82) is 0 Å². The first-order valence-corrected chi connectivity index (χ1v) is 10.8. The summed E-state index contributed by atoms with van der Waals surface area (Å²) in [6, 6.07) is 6.72. The Balaban J connectivity index is 1.72. The van der Waals surface area contributed by atoms with Crippen LogP contribution < -0.4 is 4.72 Å². The van der Waals surface area contributed by atoms with Crippen LogP contribution in [0.1, 0.15) is 17.3 Å². The number of alkyl halides is 1. The summed E-state index contributed by atoms with van der Waals surface area (Å²) >= 11 is 7.43. The van der Waals surface area contributed by atoms with Gasteiger partial charge in [-0.05, 0) is 29.4 Å². The fraction of sp³-hybridized carbons (Fsp3) is 0.238. The second kappa shape index (κ2) is 7.45. The first-order valence-electron chi connectivity index (χ1n) is 9.48. The Morgan fingerprint density at radius 3 is 2.97 bits per heavy atom. The number of ether oxygens (including phenoxy) is 1. The second-order valence-electron chi connectivity index (χ2n) is 7.21. The van der Waals surface area contributed by atoms with Crippen molar-refractivity contribution in [3.8, 4) is 0 Å². The average Bonchev–Trinajstić information content (AvgIpc) is 3.40. The maximum atomic E-state index is 13.0. The first-order chi connectivity index (χ1) is 14.6. The van der Waals surface area contributed by atoms with E-state index in [0.29, 0.717) is 6.42 Å². The van der Waals surface area contributed by atoms with Gasteiger partial charge in [-0.15, -0.1) is 11.6 Å². The maximum absolute atomic E-state index is 13.0. The van der Waals surface area contributed by atoms with Crippen LogP contribution in [-0.2, 0) is 20.7 Å². The molecule has 1 aromatic heterocycles. The lowest BCUT2D eigenvalue weighted by molar-refractivity contribution is -0.154. The van der Waals surface area contributed by atoms with Gasteiger partial charge in [0, 0.05) is 35.4 Å². The number of hydrogen-bond donors (Lipinski definition) is 2. The van der Waals surface area contributed by atoms with Crippen LogP contribution in [0.3, 0.4) is 0 Å². The summed E-state index contributed by atoms with van der Waals surface area (Å²) < 4.78 is 10.2. The molecule has 0 saturated heterocycles. The zero-order valence-corrected chi connectivity index (χ0v) is 17.7. The van der Waals surface area contributed by atoms with E-state index in [0.717, 1.165) is 33.4 Å². The number of hydrogen-bond acceptors (Lipinski definition) is 6. The Labute approximate surface area is 182 Å². The Bertz CT molecular complexity index is 1140. The molecule has 4 heterocycles. The number of carbonyl (C=O) groups excluding carboxylic acids is 2. The lowest BCUT2D eigenvalue weighted by Crippen LogP contribution is -2.52. The molecule has 0 saturated carbocycles. The second-order valence-corrected chi connectivity index (χ2v) is 8.29. The molecule has 1 amide bonds. The van der Waals surface area contributed by atoms with Crippen LogP contribution in [0.2, 0.25) is 0 Å². The number of para-hydroxylation sites is 1. The molecule has 0 aliphatic carbocycles. The highest BCUT2D eigenvalue weighted by Gasteiger charge is 2.44. The van der Waals surface area contributed by atoms with Gasteiger partial charge >= 0.3 is 5.97 Å². The number of methoxy groups -OCH3 is 1. The topological polar surface area (TPSA) is 77.7 Å². The highest BCUT2D eigenvalue weighted by Crippen LogP contribution is 2.43. The van der Waals surface area contributed by atoms with E-state index in [9.17, 15) is 9.59 Å². The largest absolute Gasteiger partial charge is 0.467 e. The zero-order chi connectivity index (χ0) is 20.8.